The molecule has 2 N–H and O–H groups in total. The molecule has 0 amide bonds. The summed E-state index contributed by atoms with van der Waals surface area (Å²) in [6.45, 7) is 3.75. The van der Waals surface area contributed by atoms with E-state index in [9.17, 15) is 4.79 Å². The molecule has 2 rings (SSSR count). The van der Waals surface area contributed by atoms with Crippen molar-refractivity contribution in [3.8, 4) is 17.6 Å². The van der Waals surface area contributed by atoms with Crippen LogP contribution in [0.2, 0.25) is 0 Å². The Morgan fingerprint density at radius 2 is 1.89 bits per heavy atom. The molecular formula is C21H24N2O5. The Bertz CT molecular complexity index is 828. The average molecular weight is 384 g/mol. The lowest BCUT2D eigenvalue weighted by atomic mass is 10.1. The molecule has 0 radical (unpaired) electrons. The Balaban J connectivity index is 2.35. The topological polar surface area (TPSA) is 101 Å². The Morgan fingerprint density at radius 1 is 1.18 bits per heavy atom. The first kappa shape index (κ1) is 21.1. The van der Waals surface area contributed by atoms with Gasteiger partial charge in [-0.25, -0.2) is 4.79 Å². The molecule has 0 aromatic heterocycles. The van der Waals surface area contributed by atoms with E-state index in [0.29, 0.717) is 28.3 Å². The normalized spacial score (nSPS) is 11.4. The molecule has 7 nitrogen and oxygen atoms in total. The predicted octanol–water partition coefficient (Wildman–Crippen LogP) is 3.04. The number of ether oxygens (including phenoxy) is 3. The molecule has 1 unspecified atom stereocenters. The lowest BCUT2D eigenvalue weighted by molar-refractivity contribution is -0.141. The molecule has 0 aliphatic rings. The van der Waals surface area contributed by atoms with Crippen molar-refractivity contribution in [1.82, 2.24) is 0 Å². The van der Waals surface area contributed by atoms with Crippen molar-refractivity contribution >= 4 is 11.7 Å². The molecule has 28 heavy (non-hydrogen) atoms. The first-order valence-corrected chi connectivity index (χ1v) is 8.87. The van der Waals surface area contributed by atoms with Crippen LogP contribution < -0.4 is 14.8 Å². The number of nitriles is 1. The van der Waals surface area contributed by atoms with Crippen LogP contribution in [0.5, 0.6) is 11.5 Å². The maximum atomic E-state index is 12.4. The summed E-state index contributed by atoms with van der Waals surface area (Å²) >= 11 is 0. The van der Waals surface area contributed by atoms with Crippen LogP contribution in [0.1, 0.15) is 31.0 Å². The lowest BCUT2D eigenvalue weighted by Gasteiger charge is -2.21. The van der Waals surface area contributed by atoms with Gasteiger partial charge in [0, 0.05) is 5.69 Å². The Morgan fingerprint density at radius 3 is 2.46 bits per heavy atom. The minimum Gasteiger partial charge on any atom is -0.487 e. The number of nitrogens with one attached hydrogen (secondary N) is 1. The summed E-state index contributed by atoms with van der Waals surface area (Å²) in [4.78, 5) is 12.4. The van der Waals surface area contributed by atoms with Crippen LogP contribution in [-0.2, 0) is 9.53 Å². The van der Waals surface area contributed by atoms with E-state index in [1.165, 1.54) is 7.11 Å². The van der Waals surface area contributed by atoms with Crippen molar-refractivity contribution in [3.05, 3.63) is 53.6 Å². The van der Waals surface area contributed by atoms with Crippen molar-refractivity contribution in [2.24, 2.45) is 0 Å². The van der Waals surface area contributed by atoms with Gasteiger partial charge in [-0.1, -0.05) is 6.07 Å². The van der Waals surface area contributed by atoms with E-state index < -0.39 is 12.0 Å². The quantitative estimate of drug-likeness (QED) is 0.641. The zero-order chi connectivity index (χ0) is 20.5. The van der Waals surface area contributed by atoms with E-state index in [-0.39, 0.29) is 19.3 Å². The van der Waals surface area contributed by atoms with Crippen LogP contribution in [0.3, 0.4) is 0 Å². The molecule has 0 spiro atoms. The average Bonchev–Trinajstić information content (AvgIpc) is 2.71. The minimum absolute atomic E-state index is 0.0597. The number of hydrogen-bond donors (Lipinski definition) is 2. The minimum atomic E-state index is -0.789. The number of carbonyl (C=O) groups excluding carboxylic acids is 1. The molecule has 0 aliphatic heterocycles. The molecule has 7 heteroatoms. The highest BCUT2D eigenvalue weighted by molar-refractivity contribution is 5.81. The van der Waals surface area contributed by atoms with Gasteiger partial charge in [0.15, 0.2) is 17.5 Å². The fourth-order valence-electron chi connectivity index (χ4n) is 2.53. The van der Waals surface area contributed by atoms with Crippen molar-refractivity contribution in [2.45, 2.75) is 26.0 Å². The zero-order valence-electron chi connectivity index (χ0n) is 16.1. The second kappa shape index (κ2) is 10.2. The van der Waals surface area contributed by atoms with Gasteiger partial charge >= 0.3 is 5.97 Å². The number of benzene rings is 2. The number of nitrogens with zero attached hydrogens (tertiary/aromatic N) is 1. The van der Waals surface area contributed by atoms with E-state index in [1.807, 2.05) is 13.8 Å². The standard InChI is InChI=1S/C21H24N2O5/c1-14(2)28-18-9-6-16(12-19(18)27-11-10-24)20(21(25)26-3)23-17-7-4-15(13-22)5-8-17/h4-9,12,14,20,23-24H,10-11H2,1-3H3. The van der Waals surface area contributed by atoms with Gasteiger partial charge in [0.25, 0.3) is 0 Å². The van der Waals surface area contributed by atoms with Crippen LogP contribution in [0.4, 0.5) is 5.69 Å². The maximum Gasteiger partial charge on any atom is 0.332 e. The zero-order valence-corrected chi connectivity index (χ0v) is 16.1. The van der Waals surface area contributed by atoms with Crippen molar-refractivity contribution in [2.75, 3.05) is 25.6 Å². The van der Waals surface area contributed by atoms with E-state index in [0.717, 1.165) is 0 Å². The van der Waals surface area contributed by atoms with Gasteiger partial charge < -0.3 is 24.6 Å². The Kier molecular flexibility index (Phi) is 7.66. The van der Waals surface area contributed by atoms with Gasteiger partial charge in [0.05, 0.1) is 31.5 Å². The van der Waals surface area contributed by atoms with Gasteiger partial charge in [-0.05, 0) is 55.8 Å². The molecule has 0 bridgehead atoms. The summed E-state index contributed by atoms with van der Waals surface area (Å²) in [5, 5.41) is 21.1. The number of carbonyl (C=O) groups is 1. The van der Waals surface area contributed by atoms with Crippen LogP contribution >= 0.6 is 0 Å². The number of aliphatic hydroxyl groups excluding tert-OH is 1. The number of methoxy groups -OCH3 is 1. The third-order valence-electron chi connectivity index (χ3n) is 3.77. The number of anilines is 1. The number of hydrogen-bond acceptors (Lipinski definition) is 7. The molecule has 2 aromatic rings. The Labute approximate surface area is 164 Å². The van der Waals surface area contributed by atoms with Crippen LogP contribution in [0, 0.1) is 11.3 Å². The molecule has 1 atom stereocenters. The number of aliphatic hydroxyl groups is 1. The highest BCUT2D eigenvalue weighted by atomic mass is 16.5. The van der Waals surface area contributed by atoms with Crippen LogP contribution in [0.15, 0.2) is 42.5 Å². The van der Waals surface area contributed by atoms with Gasteiger partial charge in [-0.2, -0.15) is 5.26 Å². The Hall–Kier alpha value is -3.24. The van der Waals surface area contributed by atoms with Gasteiger partial charge in [-0.3, -0.25) is 0 Å². The van der Waals surface area contributed by atoms with Crippen molar-refractivity contribution in [1.29, 1.82) is 5.26 Å². The summed E-state index contributed by atoms with van der Waals surface area (Å²) in [5.41, 5.74) is 1.80. The molecule has 0 fully saturated rings. The predicted molar refractivity (Wildman–Crippen MR) is 104 cm³/mol. The summed E-state index contributed by atoms with van der Waals surface area (Å²) < 4.78 is 16.2. The SMILES string of the molecule is COC(=O)C(Nc1ccc(C#N)cc1)c1ccc(OC(C)C)c(OCCO)c1. The van der Waals surface area contributed by atoms with Gasteiger partial charge in [0.1, 0.15) is 6.61 Å². The van der Waals surface area contributed by atoms with Gasteiger partial charge in [0.2, 0.25) is 0 Å². The largest absolute Gasteiger partial charge is 0.487 e. The highest BCUT2D eigenvalue weighted by Crippen LogP contribution is 2.33. The van der Waals surface area contributed by atoms with Crippen molar-refractivity contribution in [3.63, 3.8) is 0 Å². The monoisotopic (exact) mass is 384 g/mol. The summed E-state index contributed by atoms with van der Waals surface area (Å²) in [7, 11) is 1.31. The van der Waals surface area contributed by atoms with E-state index >= 15 is 0 Å². The first-order chi connectivity index (χ1) is 13.5. The summed E-state index contributed by atoms with van der Waals surface area (Å²) in [6.07, 6.45) is -0.0597. The fourth-order valence-corrected chi connectivity index (χ4v) is 2.53. The second-order valence-corrected chi connectivity index (χ2v) is 6.23. The van der Waals surface area contributed by atoms with Crippen LogP contribution in [-0.4, -0.2) is 37.5 Å². The number of rotatable bonds is 9. The van der Waals surface area contributed by atoms with E-state index in [1.54, 1.807) is 42.5 Å². The third kappa shape index (κ3) is 5.63. The summed E-state index contributed by atoms with van der Waals surface area (Å²) in [5.74, 6) is 0.472. The van der Waals surface area contributed by atoms with Gasteiger partial charge in [-0.15, -0.1) is 0 Å². The molecular weight excluding hydrogens is 360 g/mol. The molecule has 2 aromatic carbocycles. The third-order valence-corrected chi connectivity index (χ3v) is 3.77. The first-order valence-electron chi connectivity index (χ1n) is 8.87. The van der Waals surface area contributed by atoms with E-state index in [2.05, 4.69) is 11.4 Å². The molecule has 0 aliphatic carbocycles. The molecule has 0 saturated heterocycles. The molecule has 0 heterocycles. The lowest BCUT2D eigenvalue weighted by Crippen LogP contribution is -2.22. The van der Waals surface area contributed by atoms with E-state index in [4.69, 9.17) is 24.6 Å². The van der Waals surface area contributed by atoms with Crippen LogP contribution in [0.25, 0.3) is 0 Å². The summed E-state index contributed by atoms with van der Waals surface area (Å²) in [6, 6.07) is 13.2. The van der Waals surface area contributed by atoms with Crippen molar-refractivity contribution < 1.29 is 24.1 Å². The number of esters is 1. The maximum absolute atomic E-state index is 12.4. The fraction of sp³-hybridized carbons (Fsp3) is 0.333. The second-order valence-electron chi connectivity index (χ2n) is 6.23. The smallest absolute Gasteiger partial charge is 0.332 e. The molecule has 148 valence electrons. The highest BCUT2D eigenvalue weighted by Gasteiger charge is 2.23. The molecule has 0 saturated carbocycles.